The van der Waals surface area contributed by atoms with E-state index in [9.17, 15) is 15.0 Å². The summed E-state index contributed by atoms with van der Waals surface area (Å²) in [6.07, 6.45) is 0.935. The molecule has 1 saturated carbocycles. The first-order valence-corrected chi connectivity index (χ1v) is 12.2. The van der Waals surface area contributed by atoms with Crippen molar-refractivity contribution in [2.24, 2.45) is 11.8 Å². The molecule has 1 aromatic heterocycles. The lowest BCUT2D eigenvalue weighted by Gasteiger charge is -2.32. The molecule has 0 unspecified atom stereocenters. The number of carbonyl (C=O) groups is 1. The van der Waals surface area contributed by atoms with E-state index >= 15 is 0 Å². The third kappa shape index (κ3) is 5.57. The average molecular weight is 514 g/mol. The molecule has 0 bridgehead atoms. The van der Waals surface area contributed by atoms with Gasteiger partial charge in [-0.3, -0.25) is 4.79 Å². The molecule has 178 valence electrons. The lowest BCUT2D eigenvalue weighted by Crippen LogP contribution is -2.42. The van der Waals surface area contributed by atoms with Crippen molar-refractivity contribution in [3.63, 3.8) is 0 Å². The highest BCUT2D eigenvalue weighted by Crippen LogP contribution is 2.39. The summed E-state index contributed by atoms with van der Waals surface area (Å²) in [5.74, 6) is 0.151. The van der Waals surface area contributed by atoms with Crippen LogP contribution >= 0.6 is 34.8 Å². The summed E-state index contributed by atoms with van der Waals surface area (Å²) in [6, 6.07) is 9.00. The van der Waals surface area contributed by atoms with Gasteiger partial charge in [-0.15, -0.1) is 0 Å². The van der Waals surface area contributed by atoms with Gasteiger partial charge in [0.25, 0.3) is 0 Å². The second-order valence-corrected chi connectivity index (χ2v) is 10.2. The molecule has 1 aliphatic heterocycles. The highest BCUT2D eigenvalue weighted by atomic mass is 35.5. The van der Waals surface area contributed by atoms with Crippen molar-refractivity contribution in [1.82, 2.24) is 9.88 Å². The van der Waals surface area contributed by atoms with E-state index in [1.807, 2.05) is 24.0 Å². The number of pyridine rings is 1. The van der Waals surface area contributed by atoms with Gasteiger partial charge in [0.1, 0.15) is 6.10 Å². The van der Waals surface area contributed by atoms with E-state index in [1.165, 1.54) is 6.20 Å². The van der Waals surface area contributed by atoms with Gasteiger partial charge >= 0.3 is 0 Å². The number of rotatable bonds is 5. The molecule has 6 atom stereocenters. The number of likely N-dealkylation sites (tertiary alicyclic amines) is 1. The molecule has 1 aliphatic carbocycles. The number of carbonyl (C=O) groups excluding carboxylic acids is 1. The summed E-state index contributed by atoms with van der Waals surface area (Å²) in [5.41, 5.74) is 0.989. The number of aromatic nitrogens is 1. The first-order chi connectivity index (χ1) is 15.7. The number of benzene rings is 1. The van der Waals surface area contributed by atoms with Crippen molar-refractivity contribution in [1.29, 1.82) is 0 Å². The number of aliphatic hydroxyl groups excluding tert-OH is 2. The molecule has 33 heavy (non-hydrogen) atoms. The Kier molecular flexibility index (Phi) is 7.71. The lowest BCUT2D eigenvalue weighted by molar-refractivity contribution is -0.139. The van der Waals surface area contributed by atoms with Crippen LogP contribution in [0.1, 0.15) is 37.7 Å². The number of hydrogen-bond acceptors (Lipinski definition) is 5. The second kappa shape index (κ2) is 10.4. The van der Waals surface area contributed by atoms with Gasteiger partial charge in [0.15, 0.2) is 0 Å². The fourth-order valence-electron chi connectivity index (χ4n) is 4.90. The van der Waals surface area contributed by atoms with Gasteiger partial charge in [-0.2, -0.15) is 0 Å². The lowest BCUT2D eigenvalue weighted by atomic mass is 9.84. The molecular formula is C24H27Cl3N2O4. The predicted octanol–water partition coefficient (Wildman–Crippen LogP) is 4.57. The summed E-state index contributed by atoms with van der Waals surface area (Å²) in [5, 5.41) is 21.4. The van der Waals surface area contributed by atoms with Crippen LogP contribution in [0.25, 0.3) is 0 Å². The molecule has 2 heterocycles. The first-order valence-electron chi connectivity index (χ1n) is 11.1. The van der Waals surface area contributed by atoms with E-state index < -0.39 is 12.2 Å². The standard InChI is InChI=1S/C24H27Cl3N2O4/c1-13(33-23-7-4-16(25)10-28-23)17-11-29(24(32)15-3-6-21(30)22(31)9-15)12-18(17)14-2-5-19(26)20(27)8-14/h2,4-5,7-8,10,13,15,17-18,21-22,30-31H,3,6,9,11-12H2,1H3/t13-,15+,17+,18+,21-,22-/m0/s1. The molecule has 1 aromatic carbocycles. The van der Waals surface area contributed by atoms with E-state index in [0.717, 1.165) is 5.56 Å². The summed E-state index contributed by atoms with van der Waals surface area (Å²) in [4.78, 5) is 19.4. The van der Waals surface area contributed by atoms with Crippen LogP contribution in [0.4, 0.5) is 0 Å². The third-order valence-corrected chi connectivity index (χ3v) is 7.75. The van der Waals surface area contributed by atoms with E-state index in [2.05, 4.69) is 4.98 Å². The zero-order valence-electron chi connectivity index (χ0n) is 18.2. The van der Waals surface area contributed by atoms with Crippen molar-refractivity contribution in [3.05, 3.63) is 57.2 Å². The fraction of sp³-hybridized carbons (Fsp3) is 0.500. The van der Waals surface area contributed by atoms with Crippen LogP contribution < -0.4 is 4.74 Å². The molecule has 1 saturated heterocycles. The molecule has 2 N–H and O–H groups in total. The van der Waals surface area contributed by atoms with Crippen LogP contribution in [0.5, 0.6) is 5.88 Å². The minimum Gasteiger partial charge on any atom is -0.474 e. The van der Waals surface area contributed by atoms with Gasteiger partial charge in [0, 0.05) is 43.1 Å². The molecule has 0 spiro atoms. The maximum absolute atomic E-state index is 13.3. The van der Waals surface area contributed by atoms with E-state index in [4.69, 9.17) is 39.5 Å². The van der Waals surface area contributed by atoms with Gasteiger partial charge in [-0.25, -0.2) is 4.98 Å². The zero-order valence-corrected chi connectivity index (χ0v) is 20.5. The quantitative estimate of drug-likeness (QED) is 0.612. The second-order valence-electron chi connectivity index (χ2n) is 8.97. The van der Waals surface area contributed by atoms with Crippen LogP contribution in [-0.4, -0.2) is 57.4 Å². The van der Waals surface area contributed by atoms with Gasteiger partial charge in [-0.05, 0) is 49.9 Å². The van der Waals surface area contributed by atoms with Crippen LogP contribution in [0.2, 0.25) is 15.1 Å². The van der Waals surface area contributed by atoms with Gasteiger partial charge < -0.3 is 19.8 Å². The molecule has 4 rings (SSSR count). The van der Waals surface area contributed by atoms with Gasteiger partial charge in [0.05, 0.1) is 27.3 Å². The topological polar surface area (TPSA) is 82.9 Å². The molecule has 2 fully saturated rings. The Morgan fingerprint density at radius 3 is 2.55 bits per heavy atom. The Labute approximate surface area is 208 Å². The van der Waals surface area contributed by atoms with Gasteiger partial charge in [-0.1, -0.05) is 40.9 Å². The van der Waals surface area contributed by atoms with Crippen LogP contribution in [-0.2, 0) is 4.79 Å². The summed E-state index contributed by atoms with van der Waals surface area (Å²) < 4.78 is 6.12. The van der Waals surface area contributed by atoms with Crippen LogP contribution in [0, 0.1) is 11.8 Å². The Balaban J connectivity index is 1.55. The van der Waals surface area contributed by atoms with E-state index in [0.29, 0.717) is 46.9 Å². The Morgan fingerprint density at radius 2 is 1.88 bits per heavy atom. The number of halogens is 3. The fourth-order valence-corrected chi connectivity index (χ4v) is 5.32. The first kappa shape index (κ1) is 24.6. The molecule has 0 radical (unpaired) electrons. The third-order valence-electron chi connectivity index (χ3n) is 6.79. The number of hydrogen-bond donors (Lipinski definition) is 2. The smallest absolute Gasteiger partial charge is 0.225 e. The SMILES string of the molecule is C[C@H](Oc1ccc(Cl)cn1)[C@H]1CN(C(=O)[C@@H]2CC[C@H](O)[C@@H](O)C2)C[C@@H]1c1ccc(Cl)c(Cl)c1. The predicted molar refractivity (Wildman–Crippen MR) is 128 cm³/mol. The maximum atomic E-state index is 13.3. The Bertz CT molecular complexity index is 990. The van der Waals surface area contributed by atoms with Crippen molar-refractivity contribution < 1.29 is 19.7 Å². The Hall–Kier alpha value is -1.57. The number of aliphatic hydroxyl groups is 2. The zero-order chi connectivity index (χ0) is 23.7. The average Bonchev–Trinajstić information content (AvgIpc) is 3.24. The monoisotopic (exact) mass is 512 g/mol. The van der Waals surface area contributed by atoms with Crippen LogP contribution in [0.3, 0.4) is 0 Å². The summed E-state index contributed by atoms with van der Waals surface area (Å²) >= 11 is 18.4. The normalized spacial score (nSPS) is 28.5. The van der Waals surface area contributed by atoms with Crippen molar-refractivity contribution in [3.8, 4) is 5.88 Å². The number of ether oxygens (including phenoxy) is 1. The highest BCUT2D eigenvalue weighted by Gasteiger charge is 2.43. The van der Waals surface area contributed by atoms with Crippen molar-refractivity contribution >= 4 is 40.7 Å². The van der Waals surface area contributed by atoms with Crippen molar-refractivity contribution in [2.75, 3.05) is 13.1 Å². The molecular weight excluding hydrogens is 487 g/mol. The van der Waals surface area contributed by atoms with Gasteiger partial charge in [0.2, 0.25) is 11.8 Å². The molecule has 9 heteroatoms. The molecule has 1 amide bonds. The number of amides is 1. The van der Waals surface area contributed by atoms with E-state index in [-0.39, 0.29) is 36.2 Å². The van der Waals surface area contributed by atoms with Crippen LogP contribution in [0.15, 0.2) is 36.5 Å². The minimum absolute atomic E-state index is 0.00493. The van der Waals surface area contributed by atoms with E-state index in [1.54, 1.807) is 18.2 Å². The number of nitrogens with zero attached hydrogens (tertiary/aromatic N) is 2. The summed E-state index contributed by atoms with van der Waals surface area (Å²) in [7, 11) is 0. The maximum Gasteiger partial charge on any atom is 0.225 e. The Morgan fingerprint density at radius 1 is 1.09 bits per heavy atom. The molecule has 2 aliphatic rings. The largest absolute Gasteiger partial charge is 0.474 e. The minimum atomic E-state index is -0.866. The summed E-state index contributed by atoms with van der Waals surface area (Å²) in [6.45, 7) is 2.99. The van der Waals surface area contributed by atoms with Crippen molar-refractivity contribution in [2.45, 2.75) is 50.4 Å². The highest BCUT2D eigenvalue weighted by molar-refractivity contribution is 6.42. The molecule has 6 nitrogen and oxygen atoms in total. The molecule has 2 aromatic rings.